The predicted octanol–water partition coefficient (Wildman–Crippen LogP) is 4.10. The predicted molar refractivity (Wildman–Crippen MR) is 75.0 cm³/mol. The molecule has 0 saturated heterocycles. The number of rotatable bonds is 2. The Labute approximate surface area is 107 Å². The fourth-order valence-corrected chi connectivity index (χ4v) is 3.24. The highest BCUT2D eigenvalue weighted by molar-refractivity contribution is 14.1. The van der Waals surface area contributed by atoms with Gasteiger partial charge in [-0.25, -0.2) is 0 Å². The second kappa shape index (κ2) is 4.08. The molecule has 0 nitrogen and oxygen atoms in total. The average molecular weight is 314 g/mol. The van der Waals surface area contributed by atoms with Crippen LogP contribution in [0.4, 0.5) is 0 Å². The topological polar surface area (TPSA) is 0 Å². The zero-order valence-electron chi connectivity index (χ0n) is 9.86. The molecule has 2 rings (SSSR count). The molecule has 0 saturated carbocycles. The molecule has 0 aliphatic heterocycles. The molecule has 0 spiro atoms. The van der Waals surface area contributed by atoms with E-state index in [1.54, 1.807) is 16.7 Å². The van der Waals surface area contributed by atoms with E-state index in [-0.39, 0.29) is 0 Å². The fraction of sp³-hybridized carbons (Fsp3) is 0.571. The number of fused-ring (bicyclic) bond motifs is 1. The third-order valence-corrected chi connectivity index (χ3v) is 3.90. The fourth-order valence-electron chi connectivity index (χ4n) is 2.66. The van der Waals surface area contributed by atoms with Crippen LogP contribution in [0, 0.1) is 12.3 Å². The lowest BCUT2D eigenvalue weighted by Gasteiger charge is -2.14. The Morgan fingerprint density at radius 1 is 1.20 bits per heavy atom. The van der Waals surface area contributed by atoms with E-state index in [2.05, 4.69) is 55.5 Å². The summed E-state index contributed by atoms with van der Waals surface area (Å²) in [5, 5.41) is 0. The number of aryl methyl sites for hydroxylation is 2. The molecule has 0 aromatic heterocycles. The van der Waals surface area contributed by atoms with Crippen molar-refractivity contribution in [2.45, 2.75) is 40.0 Å². The molecular formula is C14H19I. The summed E-state index contributed by atoms with van der Waals surface area (Å²) in [6, 6.07) is 4.88. The Kier molecular flexibility index (Phi) is 3.11. The van der Waals surface area contributed by atoms with E-state index in [4.69, 9.17) is 0 Å². The molecule has 0 bridgehead atoms. The van der Waals surface area contributed by atoms with Crippen LogP contribution in [0.3, 0.4) is 0 Å². The number of benzene rings is 1. The van der Waals surface area contributed by atoms with Gasteiger partial charge in [0.05, 0.1) is 0 Å². The van der Waals surface area contributed by atoms with Crippen molar-refractivity contribution in [1.82, 2.24) is 0 Å². The summed E-state index contributed by atoms with van der Waals surface area (Å²) in [4.78, 5) is 0. The van der Waals surface area contributed by atoms with Crippen LogP contribution in [0.5, 0.6) is 0 Å². The van der Waals surface area contributed by atoms with Gasteiger partial charge in [-0.15, -0.1) is 0 Å². The Morgan fingerprint density at radius 2 is 1.80 bits per heavy atom. The van der Waals surface area contributed by atoms with Gasteiger partial charge in [0.2, 0.25) is 0 Å². The van der Waals surface area contributed by atoms with E-state index in [0.717, 1.165) is 0 Å². The largest absolute Gasteiger partial charge is 0.0860 e. The van der Waals surface area contributed by atoms with E-state index in [0.29, 0.717) is 5.41 Å². The standard InChI is InChI=1S/C14H19I/c1-10-6-12-8-14(2,3)9-13(12)7-11(10)4-5-15/h6-7H,4-5,8-9H2,1-3H3. The molecule has 15 heavy (non-hydrogen) atoms. The molecule has 1 aromatic carbocycles. The molecule has 1 heteroatoms. The van der Waals surface area contributed by atoms with Crippen LogP contribution >= 0.6 is 22.6 Å². The van der Waals surface area contributed by atoms with Gasteiger partial charge in [0.15, 0.2) is 0 Å². The second-order valence-electron chi connectivity index (χ2n) is 5.50. The number of hydrogen-bond donors (Lipinski definition) is 0. The lowest BCUT2D eigenvalue weighted by Crippen LogP contribution is -2.09. The molecule has 1 aliphatic carbocycles. The van der Waals surface area contributed by atoms with Gasteiger partial charge in [-0.2, -0.15) is 0 Å². The summed E-state index contributed by atoms with van der Waals surface area (Å²) in [6.45, 7) is 7.01. The third kappa shape index (κ3) is 2.38. The van der Waals surface area contributed by atoms with Crippen molar-refractivity contribution in [1.29, 1.82) is 0 Å². The van der Waals surface area contributed by atoms with E-state index in [1.165, 1.54) is 29.3 Å². The van der Waals surface area contributed by atoms with Gasteiger partial charge in [-0.3, -0.25) is 0 Å². The molecule has 0 fully saturated rings. The molecule has 0 radical (unpaired) electrons. The maximum absolute atomic E-state index is 2.46. The monoisotopic (exact) mass is 314 g/mol. The highest BCUT2D eigenvalue weighted by Gasteiger charge is 2.28. The molecular weight excluding hydrogens is 295 g/mol. The first-order chi connectivity index (χ1) is 7.02. The molecule has 1 aromatic rings. The van der Waals surface area contributed by atoms with Gasteiger partial charge in [-0.05, 0) is 53.9 Å². The average Bonchev–Trinajstić information content (AvgIpc) is 2.39. The van der Waals surface area contributed by atoms with Gasteiger partial charge >= 0.3 is 0 Å². The quantitative estimate of drug-likeness (QED) is 0.569. The van der Waals surface area contributed by atoms with E-state index >= 15 is 0 Å². The number of hydrogen-bond acceptors (Lipinski definition) is 0. The first-order valence-corrected chi connectivity index (χ1v) is 7.22. The van der Waals surface area contributed by atoms with Crippen molar-refractivity contribution < 1.29 is 0 Å². The highest BCUT2D eigenvalue weighted by Crippen LogP contribution is 2.37. The van der Waals surface area contributed by atoms with E-state index in [1.807, 2.05) is 0 Å². The van der Waals surface area contributed by atoms with Gasteiger partial charge in [-0.1, -0.05) is 48.6 Å². The van der Waals surface area contributed by atoms with Crippen molar-refractivity contribution in [3.63, 3.8) is 0 Å². The minimum Gasteiger partial charge on any atom is -0.0860 e. The minimum absolute atomic E-state index is 0.484. The summed E-state index contributed by atoms with van der Waals surface area (Å²) >= 11 is 2.46. The van der Waals surface area contributed by atoms with Crippen LogP contribution in [0.1, 0.15) is 36.1 Å². The van der Waals surface area contributed by atoms with Gasteiger partial charge < -0.3 is 0 Å². The molecule has 0 amide bonds. The number of alkyl halides is 1. The summed E-state index contributed by atoms with van der Waals surface area (Å²) in [7, 11) is 0. The summed E-state index contributed by atoms with van der Waals surface area (Å²) in [5.74, 6) is 0. The van der Waals surface area contributed by atoms with Crippen LogP contribution in [-0.2, 0) is 19.3 Å². The summed E-state index contributed by atoms with van der Waals surface area (Å²) < 4.78 is 1.22. The molecule has 1 aliphatic rings. The van der Waals surface area contributed by atoms with Gasteiger partial charge in [0.25, 0.3) is 0 Å². The lowest BCUT2D eigenvalue weighted by atomic mass is 9.90. The Hall–Kier alpha value is -0.0500. The normalized spacial score (nSPS) is 17.9. The highest BCUT2D eigenvalue weighted by atomic mass is 127. The summed E-state index contributed by atoms with van der Waals surface area (Å²) in [5.41, 5.74) is 6.72. The third-order valence-electron chi connectivity index (χ3n) is 3.36. The van der Waals surface area contributed by atoms with Crippen molar-refractivity contribution in [2.75, 3.05) is 4.43 Å². The van der Waals surface area contributed by atoms with Gasteiger partial charge in [0.1, 0.15) is 0 Å². The Bertz CT molecular complexity index is 377. The van der Waals surface area contributed by atoms with Crippen LogP contribution < -0.4 is 0 Å². The molecule has 0 heterocycles. The van der Waals surface area contributed by atoms with Crippen molar-refractivity contribution in [2.24, 2.45) is 5.41 Å². The van der Waals surface area contributed by atoms with Crippen molar-refractivity contribution in [3.05, 3.63) is 34.4 Å². The lowest BCUT2D eigenvalue weighted by molar-refractivity contribution is 0.392. The van der Waals surface area contributed by atoms with E-state index < -0.39 is 0 Å². The molecule has 82 valence electrons. The van der Waals surface area contributed by atoms with Gasteiger partial charge in [0, 0.05) is 4.43 Å². The van der Waals surface area contributed by atoms with Crippen LogP contribution in [0.2, 0.25) is 0 Å². The zero-order chi connectivity index (χ0) is 11.1. The summed E-state index contributed by atoms with van der Waals surface area (Å²) in [6.07, 6.45) is 3.74. The van der Waals surface area contributed by atoms with E-state index in [9.17, 15) is 0 Å². The Balaban J connectivity index is 2.36. The molecule has 0 atom stereocenters. The first kappa shape index (κ1) is 11.4. The van der Waals surface area contributed by atoms with Crippen LogP contribution in [-0.4, -0.2) is 4.43 Å². The Morgan fingerprint density at radius 3 is 2.40 bits per heavy atom. The van der Waals surface area contributed by atoms with Crippen LogP contribution in [0.25, 0.3) is 0 Å². The molecule has 0 unspecified atom stereocenters. The van der Waals surface area contributed by atoms with Crippen molar-refractivity contribution >= 4 is 22.6 Å². The van der Waals surface area contributed by atoms with Crippen molar-refractivity contribution in [3.8, 4) is 0 Å². The zero-order valence-corrected chi connectivity index (χ0v) is 12.0. The number of halogens is 1. The first-order valence-electron chi connectivity index (χ1n) is 5.69. The molecule has 0 N–H and O–H groups in total. The maximum atomic E-state index is 2.46. The SMILES string of the molecule is Cc1cc2c(cc1CCI)CC(C)(C)C2. The maximum Gasteiger partial charge on any atom is 0.00359 e. The van der Waals surface area contributed by atoms with Crippen LogP contribution in [0.15, 0.2) is 12.1 Å². The smallest absolute Gasteiger partial charge is 0.00359 e. The minimum atomic E-state index is 0.484. The second-order valence-corrected chi connectivity index (χ2v) is 6.58.